The summed E-state index contributed by atoms with van der Waals surface area (Å²) in [6.45, 7) is 0.516. The van der Waals surface area contributed by atoms with Gasteiger partial charge in [-0.05, 0) is 36.4 Å². The third kappa shape index (κ3) is 4.86. The van der Waals surface area contributed by atoms with E-state index in [1.807, 2.05) is 29.6 Å². The van der Waals surface area contributed by atoms with Crippen LogP contribution in [0, 0.1) is 0 Å². The molecule has 0 unspecified atom stereocenters. The third-order valence-electron chi connectivity index (χ3n) is 3.80. The molecule has 0 spiro atoms. The third-order valence-corrected chi connectivity index (χ3v) is 5.93. The molecule has 28 heavy (non-hydrogen) atoms. The Kier molecular flexibility index (Phi) is 5.85. The fraction of sp³-hybridized carbons (Fsp3) is 0.150. The van der Waals surface area contributed by atoms with E-state index in [4.69, 9.17) is 21.1 Å². The molecule has 0 aliphatic carbocycles. The number of rotatable bonds is 7. The second-order valence-corrected chi connectivity index (χ2v) is 8.38. The lowest BCUT2D eigenvalue weighted by molar-refractivity contribution is -0.144. The monoisotopic (exact) mass is 430 g/mol. The van der Waals surface area contributed by atoms with Gasteiger partial charge in [0.25, 0.3) is 0 Å². The zero-order chi connectivity index (χ0) is 19.3. The highest BCUT2D eigenvalue weighted by Crippen LogP contribution is 2.22. The van der Waals surface area contributed by atoms with E-state index in [0.717, 1.165) is 26.0 Å². The smallest absolute Gasteiger partial charge is 0.312 e. The molecule has 8 heteroatoms. The molecular weight excluding hydrogens is 416 g/mol. The van der Waals surface area contributed by atoms with Gasteiger partial charge in [0.15, 0.2) is 0 Å². The molecule has 0 radical (unpaired) electrons. The predicted molar refractivity (Wildman–Crippen MR) is 111 cm³/mol. The number of benzene rings is 2. The minimum atomic E-state index is -0.324. The van der Waals surface area contributed by atoms with Crippen molar-refractivity contribution >= 4 is 50.5 Å². The average Bonchev–Trinajstić information content (AvgIpc) is 3.32. The first-order valence-electron chi connectivity index (χ1n) is 8.47. The van der Waals surface area contributed by atoms with Crippen LogP contribution in [0.2, 0.25) is 5.02 Å². The second-order valence-electron chi connectivity index (χ2n) is 5.89. The number of hydrogen-bond donors (Lipinski definition) is 0. The molecule has 0 atom stereocenters. The molecule has 4 aromatic rings. The van der Waals surface area contributed by atoms with Gasteiger partial charge in [-0.15, -0.1) is 22.7 Å². The Bertz CT molecular complexity index is 1060. The topological polar surface area (TPSA) is 61.3 Å². The number of esters is 1. The summed E-state index contributed by atoms with van der Waals surface area (Å²) < 4.78 is 12.1. The molecule has 2 aromatic carbocycles. The number of hydrogen-bond acceptors (Lipinski definition) is 7. The quantitative estimate of drug-likeness (QED) is 0.374. The fourth-order valence-electron chi connectivity index (χ4n) is 2.50. The van der Waals surface area contributed by atoms with Crippen molar-refractivity contribution < 1.29 is 14.3 Å². The van der Waals surface area contributed by atoms with Crippen molar-refractivity contribution in [1.29, 1.82) is 0 Å². The molecule has 0 amide bonds. The fourth-order valence-corrected chi connectivity index (χ4v) is 4.21. The highest BCUT2D eigenvalue weighted by atomic mass is 35.5. The summed E-state index contributed by atoms with van der Waals surface area (Å²) in [5.41, 5.74) is 1.59. The molecule has 2 heterocycles. The molecule has 142 valence electrons. The average molecular weight is 431 g/mol. The van der Waals surface area contributed by atoms with E-state index in [2.05, 4.69) is 9.97 Å². The van der Waals surface area contributed by atoms with Gasteiger partial charge in [-0.3, -0.25) is 4.79 Å². The summed E-state index contributed by atoms with van der Waals surface area (Å²) in [7, 11) is 0. The normalized spacial score (nSPS) is 10.9. The van der Waals surface area contributed by atoms with Gasteiger partial charge in [0.1, 0.15) is 29.0 Å². The summed E-state index contributed by atoms with van der Waals surface area (Å²) in [4.78, 5) is 21.0. The van der Waals surface area contributed by atoms with Crippen LogP contribution in [0.25, 0.3) is 10.2 Å². The summed E-state index contributed by atoms with van der Waals surface area (Å²) in [6, 6.07) is 15.0. The van der Waals surface area contributed by atoms with Crippen LogP contribution in [-0.4, -0.2) is 15.9 Å². The zero-order valence-electron chi connectivity index (χ0n) is 14.6. The summed E-state index contributed by atoms with van der Waals surface area (Å²) in [5.74, 6) is 0.395. The Balaban J connectivity index is 1.27. The number of ether oxygens (including phenoxy) is 2. The highest BCUT2D eigenvalue weighted by molar-refractivity contribution is 7.18. The van der Waals surface area contributed by atoms with Gasteiger partial charge in [-0.1, -0.05) is 23.7 Å². The van der Waals surface area contributed by atoms with Gasteiger partial charge in [0, 0.05) is 10.4 Å². The van der Waals surface area contributed by atoms with E-state index in [1.165, 1.54) is 22.7 Å². The Hall–Kier alpha value is -2.48. The minimum Gasteiger partial charge on any atom is -0.486 e. The predicted octanol–water partition coefficient (Wildman–Crippen LogP) is 5.27. The van der Waals surface area contributed by atoms with Crippen LogP contribution < -0.4 is 4.74 Å². The molecule has 4 rings (SSSR count). The first-order valence-corrected chi connectivity index (χ1v) is 10.5. The molecule has 0 N–H and O–H groups in total. The van der Waals surface area contributed by atoms with E-state index >= 15 is 0 Å². The van der Waals surface area contributed by atoms with Gasteiger partial charge in [-0.25, -0.2) is 9.97 Å². The maximum atomic E-state index is 12.1. The number of para-hydroxylation sites is 1. The Labute approximate surface area is 174 Å². The molecule has 2 aromatic heterocycles. The van der Waals surface area contributed by atoms with Crippen molar-refractivity contribution in [3.05, 3.63) is 74.6 Å². The maximum Gasteiger partial charge on any atom is 0.312 e. The summed E-state index contributed by atoms with van der Waals surface area (Å²) in [6.07, 6.45) is 0.127. The van der Waals surface area contributed by atoms with Gasteiger partial charge in [-0.2, -0.15) is 0 Å². The van der Waals surface area contributed by atoms with Crippen LogP contribution in [-0.2, 0) is 29.2 Å². The van der Waals surface area contributed by atoms with Crippen molar-refractivity contribution in [3.8, 4) is 5.75 Å². The van der Waals surface area contributed by atoms with Gasteiger partial charge in [0.05, 0.1) is 22.3 Å². The van der Waals surface area contributed by atoms with Crippen molar-refractivity contribution in [1.82, 2.24) is 9.97 Å². The summed E-state index contributed by atoms with van der Waals surface area (Å²) >= 11 is 8.83. The van der Waals surface area contributed by atoms with Gasteiger partial charge >= 0.3 is 5.97 Å². The molecule has 0 aliphatic heterocycles. The van der Waals surface area contributed by atoms with Gasteiger partial charge < -0.3 is 9.47 Å². The minimum absolute atomic E-state index is 0.127. The van der Waals surface area contributed by atoms with E-state index in [9.17, 15) is 4.79 Å². The lowest BCUT2D eigenvalue weighted by atomic mass is 10.3. The van der Waals surface area contributed by atoms with Crippen LogP contribution in [0.4, 0.5) is 0 Å². The van der Waals surface area contributed by atoms with Crippen molar-refractivity contribution in [2.75, 3.05) is 0 Å². The molecular formula is C20H15ClN2O3S2. The molecule has 0 fully saturated rings. The Morgan fingerprint density at radius 1 is 1.00 bits per heavy atom. The van der Waals surface area contributed by atoms with Crippen LogP contribution in [0.15, 0.2) is 53.9 Å². The highest BCUT2D eigenvalue weighted by Gasteiger charge is 2.11. The molecule has 0 bridgehead atoms. The Morgan fingerprint density at radius 3 is 2.64 bits per heavy atom. The molecule has 5 nitrogen and oxygen atoms in total. The van der Waals surface area contributed by atoms with Crippen molar-refractivity contribution in [2.24, 2.45) is 0 Å². The van der Waals surface area contributed by atoms with Crippen molar-refractivity contribution in [3.63, 3.8) is 0 Å². The first-order chi connectivity index (χ1) is 13.7. The van der Waals surface area contributed by atoms with Crippen LogP contribution in [0.5, 0.6) is 5.75 Å². The van der Waals surface area contributed by atoms with E-state index < -0.39 is 0 Å². The zero-order valence-corrected chi connectivity index (χ0v) is 17.0. The second kappa shape index (κ2) is 8.68. The van der Waals surface area contributed by atoms with E-state index in [1.54, 1.807) is 24.3 Å². The number of halogens is 1. The van der Waals surface area contributed by atoms with E-state index in [0.29, 0.717) is 17.3 Å². The SMILES string of the molecule is O=C(Cc1csc(COc2ccc(Cl)cc2)n1)OCc1nc2ccccc2s1. The van der Waals surface area contributed by atoms with Crippen LogP contribution in [0.1, 0.15) is 15.7 Å². The number of fused-ring (bicyclic) bond motifs is 1. The lowest BCUT2D eigenvalue weighted by Gasteiger charge is -2.03. The first kappa shape index (κ1) is 18.9. The van der Waals surface area contributed by atoms with Crippen LogP contribution >= 0.6 is 34.3 Å². The maximum absolute atomic E-state index is 12.1. The van der Waals surface area contributed by atoms with Crippen molar-refractivity contribution in [2.45, 2.75) is 19.6 Å². The number of nitrogens with zero attached hydrogens (tertiary/aromatic N) is 2. The van der Waals surface area contributed by atoms with Gasteiger partial charge in [0.2, 0.25) is 0 Å². The number of carbonyl (C=O) groups excluding carboxylic acids is 1. The summed E-state index contributed by atoms with van der Waals surface area (Å²) in [5, 5.41) is 4.08. The number of thiazole rings is 2. The standard InChI is InChI=1S/C20H15ClN2O3S2/c21-13-5-7-15(8-6-13)25-10-18-22-14(12-27-18)9-20(24)26-11-19-23-16-3-1-2-4-17(16)28-19/h1-8,12H,9-11H2. The molecule has 0 aliphatic rings. The van der Waals surface area contributed by atoms with E-state index in [-0.39, 0.29) is 19.0 Å². The Morgan fingerprint density at radius 2 is 1.82 bits per heavy atom. The van der Waals surface area contributed by atoms with Crippen LogP contribution in [0.3, 0.4) is 0 Å². The largest absolute Gasteiger partial charge is 0.486 e. The number of carbonyl (C=O) groups is 1. The molecule has 0 saturated heterocycles. The number of aromatic nitrogens is 2. The lowest BCUT2D eigenvalue weighted by Crippen LogP contribution is -2.08. The molecule has 0 saturated carbocycles.